The zero-order valence-corrected chi connectivity index (χ0v) is 29.4. The third-order valence-corrected chi connectivity index (χ3v) is 10.5. The van der Waals surface area contributed by atoms with Crippen molar-refractivity contribution in [1.29, 1.82) is 0 Å². The maximum absolute atomic E-state index is 10.7. The number of para-hydroxylation sites is 1. The molecule has 0 fully saturated rings. The number of rotatable bonds is 9. The van der Waals surface area contributed by atoms with Crippen LogP contribution < -0.4 is 5.46 Å². The molecule has 1 N–H and O–H groups in total. The second-order valence-electron chi connectivity index (χ2n) is 14.8. The smallest absolute Gasteiger partial charge is 0.194 e. The number of furan rings is 1. The van der Waals surface area contributed by atoms with Crippen LogP contribution in [0.15, 0.2) is 114 Å². The Morgan fingerprint density at radius 1 is 0.796 bits per heavy atom. The molecular formula is C43H45BN2O3. The summed E-state index contributed by atoms with van der Waals surface area (Å²) in [6.45, 7) is 12.5. The average molecular weight is 649 g/mol. The third kappa shape index (κ3) is 6.60. The molecule has 0 radical (unpaired) electrons. The normalized spacial score (nSPS) is 18.3. The van der Waals surface area contributed by atoms with Crippen LogP contribution in [-0.2, 0) is 4.74 Å². The Bertz CT molecular complexity index is 2140. The van der Waals surface area contributed by atoms with E-state index in [9.17, 15) is 5.11 Å². The van der Waals surface area contributed by atoms with Gasteiger partial charge in [-0.25, -0.2) is 9.97 Å². The highest BCUT2D eigenvalue weighted by Crippen LogP contribution is 2.38. The van der Waals surface area contributed by atoms with Crippen molar-refractivity contribution in [2.45, 2.75) is 65.1 Å². The van der Waals surface area contributed by atoms with E-state index in [0.29, 0.717) is 25.6 Å². The van der Waals surface area contributed by atoms with Crippen molar-refractivity contribution in [3.8, 4) is 33.8 Å². The number of aromatic nitrogens is 2. The Hall–Kier alpha value is -4.52. The first-order valence-corrected chi connectivity index (χ1v) is 17.5. The van der Waals surface area contributed by atoms with E-state index in [-0.39, 0.29) is 5.92 Å². The molecule has 3 unspecified atom stereocenters. The van der Waals surface area contributed by atoms with Gasteiger partial charge in [-0.05, 0) is 86.8 Å². The summed E-state index contributed by atoms with van der Waals surface area (Å²) in [7, 11) is 0.621. The van der Waals surface area contributed by atoms with E-state index in [4.69, 9.17) is 19.1 Å². The largest absolute Gasteiger partial charge is 0.457 e. The Kier molecular flexibility index (Phi) is 8.81. The molecule has 6 aromatic rings. The third-order valence-electron chi connectivity index (χ3n) is 10.5. The van der Waals surface area contributed by atoms with Crippen LogP contribution in [0.4, 0.5) is 0 Å². The summed E-state index contributed by atoms with van der Waals surface area (Å²) in [6, 6.07) is 33.7. The van der Waals surface area contributed by atoms with Crippen molar-refractivity contribution in [2.75, 3.05) is 6.51 Å². The summed E-state index contributed by atoms with van der Waals surface area (Å²) in [5.41, 5.74) is 7.29. The molecular weight excluding hydrogens is 603 g/mol. The van der Waals surface area contributed by atoms with Crippen LogP contribution in [0.25, 0.3) is 55.7 Å². The van der Waals surface area contributed by atoms with Crippen molar-refractivity contribution < 1.29 is 14.3 Å². The highest BCUT2D eigenvalue weighted by Gasteiger charge is 2.36. The molecule has 6 heteroatoms. The predicted octanol–water partition coefficient (Wildman–Crippen LogP) is 9.28. The minimum absolute atomic E-state index is 0.235. The van der Waals surface area contributed by atoms with Gasteiger partial charge in [-0.15, -0.1) is 0 Å². The first kappa shape index (κ1) is 33.0. The number of benzene rings is 4. The molecule has 7 rings (SSSR count). The SMILES string of the molecule is CC1C=CC(c2cc(-c3cccc(-c4ccc5c(oc6ccccc65)c4BCOC(C)(C)C(C)(C)O)c3)nc(-c3ccccc3)n2)C(C)C1. The summed E-state index contributed by atoms with van der Waals surface area (Å²) >= 11 is 0. The molecule has 1 aliphatic rings. The standard InChI is InChI=1S/C43H45BN2O3/c1-27-19-20-32(28(2)23-27)37-25-36(45-41(46-37)29-13-8-7-9-14-29)31-16-12-15-30(24-31)33-21-22-35-34-17-10-11-18-38(34)49-40(35)39(33)44-26-48-43(5,6)42(3,4)47/h7-22,24-25,27-28,32,44,47H,23,26H2,1-6H3. The van der Waals surface area contributed by atoms with Crippen LogP contribution in [0.1, 0.15) is 59.6 Å². The molecule has 0 saturated carbocycles. The van der Waals surface area contributed by atoms with Gasteiger partial charge in [-0.3, -0.25) is 0 Å². The molecule has 3 atom stereocenters. The molecule has 0 amide bonds. The number of nitrogens with zero attached hydrogens (tertiary/aromatic N) is 2. The predicted molar refractivity (Wildman–Crippen MR) is 204 cm³/mol. The fourth-order valence-corrected chi connectivity index (χ4v) is 7.00. The molecule has 2 aromatic heterocycles. The molecule has 248 valence electrons. The number of allylic oxidation sites excluding steroid dienone is 2. The van der Waals surface area contributed by atoms with Crippen LogP contribution in [0.2, 0.25) is 0 Å². The van der Waals surface area contributed by atoms with E-state index in [1.807, 2.05) is 50.2 Å². The molecule has 4 aromatic carbocycles. The van der Waals surface area contributed by atoms with Gasteiger partial charge in [0.1, 0.15) is 11.2 Å². The lowest BCUT2D eigenvalue weighted by molar-refractivity contribution is -0.135. The topological polar surface area (TPSA) is 68.4 Å². The van der Waals surface area contributed by atoms with Gasteiger partial charge in [-0.2, -0.15) is 0 Å². The summed E-state index contributed by atoms with van der Waals surface area (Å²) in [5.74, 6) is 2.04. The van der Waals surface area contributed by atoms with Crippen molar-refractivity contribution in [1.82, 2.24) is 9.97 Å². The molecule has 5 nitrogen and oxygen atoms in total. The van der Waals surface area contributed by atoms with E-state index >= 15 is 0 Å². The van der Waals surface area contributed by atoms with E-state index < -0.39 is 11.2 Å². The Morgan fingerprint density at radius 2 is 1.53 bits per heavy atom. The maximum atomic E-state index is 10.7. The lowest BCUT2D eigenvalue weighted by Gasteiger charge is -2.37. The van der Waals surface area contributed by atoms with Crippen LogP contribution in [0, 0.1) is 11.8 Å². The minimum atomic E-state index is -0.992. The average Bonchev–Trinajstić information content (AvgIpc) is 3.47. The number of hydrogen-bond donors (Lipinski definition) is 1. The summed E-state index contributed by atoms with van der Waals surface area (Å²) < 4.78 is 12.9. The highest BCUT2D eigenvalue weighted by molar-refractivity contribution is 6.59. The molecule has 1 aliphatic carbocycles. The number of ether oxygens (including phenoxy) is 1. The van der Waals surface area contributed by atoms with Gasteiger partial charge in [0, 0.05) is 34.3 Å². The van der Waals surface area contributed by atoms with Gasteiger partial charge in [0.2, 0.25) is 0 Å². The van der Waals surface area contributed by atoms with Crippen LogP contribution >= 0.6 is 0 Å². The van der Waals surface area contributed by atoms with Gasteiger partial charge in [0.25, 0.3) is 0 Å². The van der Waals surface area contributed by atoms with Gasteiger partial charge in [0.15, 0.2) is 13.1 Å². The van der Waals surface area contributed by atoms with Gasteiger partial charge in [-0.1, -0.05) is 98.8 Å². The molecule has 0 bridgehead atoms. The van der Waals surface area contributed by atoms with Crippen molar-refractivity contribution in [2.24, 2.45) is 11.8 Å². The van der Waals surface area contributed by atoms with Crippen molar-refractivity contribution in [3.63, 3.8) is 0 Å². The van der Waals surface area contributed by atoms with Crippen molar-refractivity contribution in [3.05, 3.63) is 115 Å². The van der Waals surface area contributed by atoms with E-state index in [1.165, 1.54) is 0 Å². The van der Waals surface area contributed by atoms with Crippen LogP contribution in [0.3, 0.4) is 0 Å². The zero-order valence-electron chi connectivity index (χ0n) is 29.4. The molecule has 49 heavy (non-hydrogen) atoms. The van der Waals surface area contributed by atoms with Gasteiger partial charge >= 0.3 is 0 Å². The Balaban J connectivity index is 1.33. The second-order valence-corrected chi connectivity index (χ2v) is 14.8. The molecule has 0 aliphatic heterocycles. The Morgan fingerprint density at radius 3 is 2.31 bits per heavy atom. The lowest BCUT2D eigenvalue weighted by Crippen LogP contribution is -2.48. The summed E-state index contributed by atoms with van der Waals surface area (Å²) in [4.78, 5) is 10.3. The first-order chi connectivity index (χ1) is 23.5. The molecule has 2 heterocycles. The van der Waals surface area contributed by atoms with E-state index in [1.54, 1.807) is 13.8 Å². The second kappa shape index (κ2) is 13.1. The summed E-state index contributed by atoms with van der Waals surface area (Å²) in [6.07, 6.45) is 5.81. The number of hydrogen-bond acceptors (Lipinski definition) is 5. The van der Waals surface area contributed by atoms with Crippen molar-refractivity contribution >= 4 is 34.7 Å². The number of fused-ring (bicyclic) bond motifs is 3. The minimum Gasteiger partial charge on any atom is -0.457 e. The van der Waals surface area contributed by atoms with Crippen LogP contribution in [0.5, 0.6) is 0 Å². The first-order valence-electron chi connectivity index (χ1n) is 17.5. The van der Waals surface area contributed by atoms with Gasteiger partial charge in [0.05, 0.1) is 22.6 Å². The highest BCUT2D eigenvalue weighted by atomic mass is 16.5. The molecule has 0 spiro atoms. The van der Waals surface area contributed by atoms with Crippen LogP contribution in [-0.4, -0.2) is 40.1 Å². The van der Waals surface area contributed by atoms with E-state index in [2.05, 4.69) is 86.7 Å². The monoisotopic (exact) mass is 648 g/mol. The zero-order chi connectivity index (χ0) is 34.3. The number of aliphatic hydroxyl groups is 1. The lowest BCUT2D eigenvalue weighted by atomic mass is 9.67. The summed E-state index contributed by atoms with van der Waals surface area (Å²) in [5, 5.41) is 12.9. The van der Waals surface area contributed by atoms with E-state index in [0.717, 1.165) is 73.3 Å². The quantitative estimate of drug-likeness (QED) is 0.125. The fourth-order valence-electron chi connectivity index (χ4n) is 7.00. The Labute approximate surface area is 290 Å². The fraction of sp³-hybridized carbons (Fsp3) is 0.302. The van der Waals surface area contributed by atoms with Gasteiger partial charge < -0.3 is 14.3 Å². The molecule has 0 saturated heterocycles. The maximum Gasteiger partial charge on any atom is 0.194 e.